The molecule has 0 aromatic carbocycles. The maximum atomic E-state index is 12.8. The number of nitrogens with zero attached hydrogens (tertiary/aromatic N) is 2. The second-order valence-electron chi connectivity index (χ2n) is 7.15. The van der Waals surface area contributed by atoms with E-state index >= 15 is 0 Å². The van der Waals surface area contributed by atoms with Crippen LogP contribution in [0.5, 0.6) is 5.75 Å². The van der Waals surface area contributed by atoms with E-state index < -0.39 is 17.5 Å². The maximum absolute atomic E-state index is 12.8. The molecule has 1 unspecified atom stereocenters. The van der Waals surface area contributed by atoms with Gasteiger partial charge >= 0.3 is 6.16 Å². The fraction of sp³-hybridized carbons (Fsp3) is 0.562. The molecule has 2 aliphatic rings. The Morgan fingerprint density at radius 3 is 2.88 bits per heavy atom. The summed E-state index contributed by atoms with van der Waals surface area (Å²) in [6.07, 6.45) is 0.0735. The molecule has 3 rings (SSSR count). The fourth-order valence-electron chi connectivity index (χ4n) is 2.56. The number of fused-ring (bicyclic) bond motifs is 2. The van der Waals surface area contributed by atoms with Gasteiger partial charge in [-0.05, 0) is 5.41 Å². The van der Waals surface area contributed by atoms with Crippen molar-refractivity contribution in [2.24, 2.45) is 5.41 Å². The van der Waals surface area contributed by atoms with Crippen molar-refractivity contribution < 1.29 is 23.8 Å². The topological polar surface area (TPSA) is 99.1 Å². The van der Waals surface area contributed by atoms with Gasteiger partial charge in [-0.15, -0.1) is 0 Å². The van der Waals surface area contributed by atoms with E-state index in [0.29, 0.717) is 19.8 Å². The first-order valence-corrected chi connectivity index (χ1v) is 8.02. The maximum Gasteiger partial charge on any atom is 0.514 e. The Morgan fingerprint density at radius 1 is 1.40 bits per heavy atom. The van der Waals surface area contributed by atoms with E-state index in [0.717, 1.165) is 0 Å². The van der Waals surface area contributed by atoms with Crippen LogP contribution in [0, 0.1) is 5.41 Å². The zero-order valence-electron chi connectivity index (χ0n) is 14.4. The smallest absolute Gasteiger partial charge is 0.433 e. The number of rotatable bonds is 2. The number of nitrogens with one attached hydrogen (secondary N) is 1. The van der Waals surface area contributed by atoms with Crippen LogP contribution in [0.2, 0.25) is 0 Å². The highest BCUT2D eigenvalue weighted by molar-refractivity contribution is 5.97. The van der Waals surface area contributed by atoms with Crippen molar-refractivity contribution >= 4 is 12.1 Å². The first-order chi connectivity index (χ1) is 11.8. The van der Waals surface area contributed by atoms with Crippen molar-refractivity contribution in [2.45, 2.75) is 26.9 Å². The van der Waals surface area contributed by atoms with Crippen molar-refractivity contribution in [3.05, 3.63) is 28.2 Å². The van der Waals surface area contributed by atoms with Gasteiger partial charge in [0, 0.05) is 18.8 Å². The van der Waals surface area contributed by atoms with E-state index in [2.05, 4.69) is 5.43 Å². The molecule has 1 aromatic rings. The summed E-state index contributed by atoms with van der Waals surface area (Å²) >= 11 is 0. The number of morpholine rings is 1. The van der Waals surface area contributed by atoms with Gasteiger partial charge in [-0.1, -0.05) is 20.8 Å². The van der Waals surface area contributed by atoms with E-state index in [1.165, 1.54) is 16.9 Å². The SMILES string of the molecule is CC(C)(C)COC(=O)Oc1c2n(ccc1=O)NC1COCCN1C2=O. The van der Waals surface area contributed by atoms with Crippen LogP contribution in [0.4, 0.5) is 4.79 Å². The van der Waals surface area contributed by atoms with Crippen molar-refractivity contribution in [1.29, 1.82) is 0 Å². The van der Waals surface area contributed by atoms with Crippen LogP contribution >= 0.6 is 0 Å². The fourth-order valence-corrected chi connectivity index (χ4v) is 2.56. The van der Waals surface area contributed by atoms with Crippen LogP contribution in [0.3, 0.4) is 0 Å². The number of hydrogen-bond acceptors (Lipinski definition) is 7. The van der Waals surface area contributed by atoms with Gasteiger partial charge in [0.1, 0.15) is 6.17 Å². The summed E-state index contributed by atoms with van der Waals surface area (Å²) in [6.45, 7) is 6.93. The Hall–Kier alpha value is -2.55. The Kier molecular flexibility index (Phi) is 4.42. The minimum Gasteiger partial charge on any atom is -0.433 e. The Morgan fingerprint density at radius 2 is 2.16 bits per heavy atom. The molecule has 25 heavy (non-hydrogen) atoms. The predicted octanol–water partition coefficient (Wildman–Crippen LogP) is 0.765. The number of ether oxygens (including phenoxy) is 3. The normalized spacial score (nSPS) is 19.6. The molecule has 1 atom stereocenters. The second-order valence-corrected chi connectivity index (χ2v) is 7.15. The van der Waals surface area contributed by atoms with Gasteiger partial charge in [0.05, 0.1) is 19.8 Å². The van der Waals surface area contributed by atoms with Gasteiger partial charge in [-0.2, -0.15) is 0 Å². The van der Waals surface area contributed by atoms with E-state index in [1.807, 2.05) is 20.8 Å². The molecule has 9 heteroatoms. The third-order valence-electron chi connectivity index (χ3n) is 3.74. The molecule has 0 bridgehead atoms. The van der Waals surface area contributed by atoms with Crippen LogP contribution in [-0.4, -0.2) is 54.2 Å². The number of aromatic nitrogens is 1. The summed E-state index contributed by atoms with van der Waals surface area (Å²) < 4.78 is 16.8. The molecule has 1 aromatic heterocycles. The quantitative estimate of drug-likeness (QED) is 0.786. The summed E-state index contributed by atoms with van der Waals surface area (Å²) in [5.74, 6) is -0.743. The highest BCUT2D eigenvalue weighted by Gasteiger charge is 2.37. The van der Waals surface area contributed by atoms with Gasteiger partial charge in [0.2, 0.25) is 11.2 Å². The van der Waals surface area contributed by atoms with E-state index in [-0.39, 0.29) is 29.6 Å². The summed E-state index contributed by atoms with van der Waals surface area (Å²) in [5.41, 5.74) is 2.21. The van der Waals surface area contributed by atoms with Gasteiger partial charge in [0.25, 0.3) is 5.91 Å². The molecule has 1 amide bonds. The molecule has 1 fully saturated rings. The zero-order chi connectivity index (χ0) is 18.2. The molecule has 0 radical (unpaired) electrons. The number of amides is 1. The molecule has 0 saturated carbocycles. The number of hydrogen-bond donors (Lipinski definition) is 1. The summed E-state index contributed by atoms with van der Waals surface area (Å²) in [6, 6.07) is 1.22. The third kappa shape index (κ3) is 3.60. The Bertz CT molecular complexity index is 751. The molecular weight excluding hydrogens is 330 g/mol. The van der Waals surface area contributed by atoms with Gasteiger partial charge in [0.15, 0.2) is 5.69 Å². The average Bonchev–Trinajstić information content (AvgIpc) is 2.55. The van der Waals surface area contributed by atoms with Crippen LogP contribution < -0.4 is 15.6 Å². The number of carbonyl (C=O) groups is 2. The largest absolute Gasteiger partial charge is 0.514 e. The minimum atomic E-state index is -1.02. The third-order valence-corrected chi connectivity index (χ3v) is 3.74. The number of carbonyl (C=O) groups excluding carboxylic acids is 2. The van der Waals surface area contributed by atoms with Gasteiger partial charge < -0.3 is 24.5 Å². The lowest BCUT2D eigenvalue weighted by atomic mass is 9.99. The van der Waals surface area contributed by atoms with Crippen LogP contribution in [-0.2, 0) is 9.47 Å². The van der Waals surface area contributed by atoms with Crippen molar-refractivity contribution in [3.63, 3.8) is 0 Å². The Labute approximate surface area is 144 Å². The zero-order valence-corrected chi connectivity index (χ0v) is 14.4. The first-order valence-electron chi connectivity index (χ1n) is 8.02. The predicted molar refractivity (Wildman–Crippen MR) is 87.1 cm³/mol. The van der Waals surface area contributed by atoms with Crippen LogP contribution in [0.15, 0.2) is 17.1 Å². The summed E-state index contributed by atoms with van der Waals surface area (Å²) in [5, 5.41) is 0. The monoisotopic (exact) mass is 351 g/mol. The minimum absolute atomic E-state index is 0.0293. The lowest BCUT2D eigenvalue weighted by Gasteiger charge is -2.41. The van der Waals surface area contributed by atoms with Crippen LogP contribution in [0.25, 0.3) is 0 Å². The number of pyridine rings is 1. The molecule has 2 aliphatic heterocycles. The van der Waals surface area contributed by atoms with Crippen molar-refractivity contribution in [1.82, 2.24) is 9.58 Å². The highest BCUT2D eigenvalue weighted by atomic mass is 16.7. The first kappa shape index (κ1) is 17.3. The average molecular weight is 351 g/mol. The van der Waals surface area contributed by atoms with Crippen molar-refractivity contribution in [3.8, 4) is 5.75 Å². The van der Waals surface area contributed by atoms with E-state index in [4.69, 9.17) is 14.2 Å². The molecule has 1 N–H and O–H groups in total. The molecule has 9 nitrogen and oxygen atoms in total. The standard InChI is InChI=1S/C16H21N3O6/c1-16(2,3)9-24-15(22)25-13-10(20)4-5-19-12(13)14(21)18-6-7-23-8-11(18)17-19/h4-5,11,17H,6-9H2,1-3H3. The molecule has 0 spiro atoms. The molecule has 136 valence electrons. The Balaban J connectivity index is 1.87. The van der Waals surface area contributed by atoms with Gasteiger partial charge in [-0.3, -0.25) is 14.3 Å². The molecule has 0 aliphatic carbocycles. The molecular formula is C16H21N3O6. The van der Waals surface area contributed by atoms with Crippen LogP contribution in [0.1, 0.15) is 31.3 Å². The lowest BCUT2D eigenvalue weighted by molar-refractivity contribution is -0.00329. The van der Waals surface area contributed by atoms with E-state index in [1.54, 1.807) is 4.90 Å². The summed E-state index contributed by atoms with van der Waals surface area (Å²) in [4.78, 5) is 38.4. The molecule has 1 saturated heterocycles. The highest BCUT2D eigenvalue weighted by Crippen LogP contribution is 2.23. The molecule has 3 heterocycles. The summed E-state index contributed by atoms with van der Waals surface area (Å²) in [7, 11) is 0. The van der Waals surface area contributed by atoms with E-state index in [9.17, 15) is 14.4 Å². The lowest BCUT2D eigenvalue weighted by Crippen LogP contribution is -2.59. The van der Waals surface area contributed by atoms with Crippen molar-refractivity contribution in [2.75, 3.05) is 31.8 Å². The van der Waals surface area contributed by atoms with Gasteiger partial charge in [-0.25, -0.2) is 4.79 Å². The second kappa shape index (κ2) is 6.40.